The molecule has 0 amide bonds. The first-order valence-electron chi connectivity index (χ1n) is 16.8. The van der Waals surface area contributed by atoms with Gasteiger partial charge in [-0.3, -0.25) is 9.59 Å². The quantitative estimate of drug-likeness (QED) is 0.129. The van der Waals surface area contributed by atoms with E-state index in [9.17, 15) is 9.59 Å². The number of ether oxygens (including phenoxy) is 5. The molecule has 2 heterocycles. The average Bonchev–Trinajstić information content (AvgIpc) is 3.21. The van der Waals surface area contributed by atoms with E-state index in [1.807, 2.05) is 60.7 Å². The zero-order chi connectivity index (χ0) is 37.9. The fourth-order valence-corrected chi connectivity index (χ4v) is 6.62. The normalized spacial score (nSPS) is 13.7. The topological polar surface area (TPSA) is 91.6 Å². The van der Waals surface area contributed by atoms with Crippen LogP contribution in [0.15, 0.2) is 123 Å². The molecule has 1 aliphatic rings. The van der Waals surface area contributed by atoms with E-state index < -0.39 is 5.92 Å². The van der Waals surface area contributed by atoms with Crippen molar-refractivity contribution >= 4 is 46.9 Å². The van der Waals surface area contributed by atoms with Gasteiger partial charge in [0.25, 0.3) is 0 Å². The van der Waals surface area contributed by atoms with Crippen LogP contribution >= 0.6 is 23.2 Å². The monoisotopic (exact) mass is 759 g/mol. The molecule has 0 bridgehead atoms. The van der Waals surface area contributed by atoms with Crippen molar-refractivity contribution in [3.63, 3.8) is 0 Å². The fourth-order valence-electron chi connectivity index (χ4n) is 6.16. The first-order valence-corrected chi connectivity index (χ1v) is 17.5. The first kappa shape index (κ1) is 36.3. The number of allylic oxidation sites excluding steroid dienone is 2. The predicted molar refractivity (Wildman–Crippen MR) is 212 cm³/mol. The molecule has 8 nitrogen and oxygen atoms in total. The molecule has 0 N–H and O–H groups in total. The number of rotatable bonds is 10. The molecule has 0 saturated heterocycles. The molecule has 54 heavy (non-hydrogen) atoms. The van der Waals surface area contributed by atoms with Crippen LogP contribution in [0.5, 0.6) is 23.0 Å². The van der Waals surface area contributed by atoms with Crippen LogP contribution in [-0.2, 0) is 4.74 Å². The number of benzene rings is 4. The third kappa shape index (κ3) is 7.39. The van der Waals surface area contributed by atoms with Gasteiger partial charge in [-0.15, -0.1) is 0 Å². The second-order valence-electron chi connectivity index (χ2n) is 12.3. The summed E-state index contributed by atoms with van der Waals surface area (Å²) in [6.07, 6.45) is 6.85. The third-order valence-electron chi connectivity index (χ3n) is 8.92. The summed E-state index contributed by atoms with van der Waals surface area (Å²) in [5.74, 6) is 3.58. The van der Waals surface area contributed by atoms with E-state index in [-0.39, 0.29) is 21.3 Å². The summed E-state index contributed by atoms with van der Waals surface area (Å²) in [5.41, 5.74) is 2.41. The van der Waals surface area contributed by atoms with Crippen molar-refractivity contribution in [1.82, 2.24) is 0 Å². The SMILES string of the molecule is COc1cc(OC)cc(C2=CC(C=c3c(=O)c(=Cc4cc(-c5cc(OC)cc(OC)c5)[o+]c(-c5ccccc5Cl)c4)c3=O)C=C(c3ccccc3Cl)O2)c1. The van der Waals surface area contributed by atoms with Crippen LogP contribution in [-0.4, -0.2) is 28.4 Å². The molecule has 7 rings (SSSR count). The summed E-state index contributed by atoms with van der Waals surface area (Å²) in [4.78, 5) is 27.5. The third-order valence-corrected chi connectivity index (χ3v) is 9.58. The summed E-state index contributed by atoms with van der Waals surface area (Å²) in [5, 5.41) is 1.06. The van der Waals surface area contributed by atoms with Crippen molar-refractivity contribution in [2.75, 3.05) is 28.4 Å². The fraction of sp³-hybridized carbons (Fsp3) is 0.114. The maximum absolute atomic E-state index is 13.7. The van der Waals surface area contributed by atoms with Crippen LogP contribution in [0, 0.1) is 5.92 Å². The van der Waals surface area contributed by atoms with Crippen molar-refractivity contribution in [2.45, 2.75) is 0 Å². The lowest BCUT2D eigenvalue weighted by Crippen LogP contribution is -2.64. The van der Waals surface area contributed by atoms with Crippen molar-refractivity contribution in [3.8, 4) is 45.6 Å². The Balaban J connectivity index is 1.35. The lowest BCUT2D eigenvalue weighted by atomic mass is 9.97. The van der Waals surface area contributed by atoms with Gasteiger partial charge in [0, 0.05) is 29.2 Å². The van der Waals surface area contributed by atoms with Gasteiger partial charge in [-0.2, -0.15) is 0 Å². The molecule has 0 radical (unpaired) electrons. The Morgan fingerprint density at radius 3 is 1.65 bits per heavy atom. The zero-order valence-electron chi connectivity index (χ0n) is 29.6. The Bertz CT molecular complexity index is 2590. The Morgan fingerprint density at radius 2 is 1.09 bits per heavy atom. The van der Waals surface area contributed by atoms with Crippen molar-refractivity contribution in [1.29, 1.82) is 0 Å². The summed E-state index contributed by atoms with van der Waals surface area (Å²) in [6.45, 7) is 0. The molecule has 1 unspecified atom stereocenters. The molecule has 1 aliphatic heterocycles. The van der Waals surface area contributed by atoms with Crippen LogP contribution in [0.1, 0.15) is 16.7 Å². The Kier molecular flexibility index (Phi) is 10.4. The Labute approximate surface area is 320 Å². The van der Waals surface area contributed by atoms with E-state index in [0.29, 0.717) is 83.9 Å². The molecule has 270 valence electrons. The molecular formula is C44H33Cl2O8+. The zero-order valence-corrected chi connectivity index (χ0v) is 31.2. The number of methoxy groups -OCH3 is 4. The standard InChI is InChI=1S/C44H33Cl2O8/c1-49-29-19-27(20-30(23-29)50-2)39-15-25(17-41(53-39)33-9-5-7-11-37(33)45)13-35-43(47)36(44(35)48)14-26-16-40(28-21-31(51-3)24-32(22-28)52-4)54-42(18-26)34-10-6-8-12-38(34)46/h5-25H,1-4H3/q+1. The van der Waals surface area contributed by atoms with E-state index in [0.717, 1.165) is 0 Å². The van der Waals surface area contributed by atoms with Crippen LogP contribution < -0.4 is 40.2 Å². The Morgan fingerprint density at radius 1 is 0.593 bits per heavy atom. The van der Waals surface area contributed by atoms with Gasteiger partial charge in [-0.05, 0) is 72.3 Å². The minimum Gasteiger partial charge on any atom is -0.497 e. The molecule has 1 atom stereocenters. The summed E-state index contributed by atoms with van der Waals surface area (Å²) in [6, 6.07) is 28.8. The van der Waals surface area contributed by atoms with Crippen LogP contribution in [0.2, 0.25) is 10.0 Å². The molecule has 10 heteroatoms. The van der Waals surface area contributed by atoms with Gasteiger partial charge in [0.2, 0.25) is 10.9 Å². The molecule has 6 aromatic rings. The van der Waals surface area contributed by atoms with Crippen molar-refractivity contribution in [2.24, 2.45) is 5.92 Å². The van der Waals surface area contributed by atoms with Gasteiger partial charge in [0.05, 0.1) is 72.2 Å². The largest absolute Gasteiger partial charge is 0.497 e. The molecule has 0 fully saturated rings. The van der Waals surface area contributed by atoms with Crippen molar-refractivity contribution in [3.05, 3.63) is 167 Å². The lowest BCUT2D eigenvalue weighted by Gasteiger charge is -2.22. The van der Waals surface area contributed by atoms with Crippen LogP contribution in [0.3, 0.4) is 0 Å². The second-order valence-corrected chi connectivity index (χ2v) is 13.1. The van der Waals surface area contributed by atoms with E-state index >= 15 is 0 Å². The lowest BCUT2D eigenvalue weighted by molar-refractivity contribution is 0.392. The van der Waals surface area contributed by atoms with Gasteiger partial charge < -0.3 is 23.7 Å². The number of hydrogen-bond acceptors (Lipinski definition) is 7. The van der Waals surface area contributed by atoms with Gasteiger partial charge >= 0.3 is 11.5 Å². The number of halogens is 2. The number of hydrogen-bond donors (Lipinski definition) is 0. The first-order chi connectivity index (χ1) is 26.2. The van der Waals surface area contributed by atoms with E-state index in [1.54, 1.807) is 89.1 Å². The van der Waals surface area contributed by atoms with Crippen LogP contribution in [0.4, 0.5) is 0 Å². The summed E-state index contributed by atoms with van der Waals surface area (Å²) in [7, 11) is 6.25. The van der Waals surface area contributed by atoms with Gasteiger partial charge in [-0.25, -0.2) is 4.42 Å². The summed E-state index contributed by atoms with van der Waals surface area (Å²) >= 11 is 13.2. The molecule has 0 saturated carbocycles. The maximum Gasteiger partial charge on any atom is 0.362 e. The second kappa shape index (κ2) is 15.5. The van der Waals surface area contributed by atoms with Gasteiger partial charge in [0.1, 0.15) is 34.5 Å². The molecule has 0 spiro atoms. The van der Waals surface area contributed by atoms with Crippen LogP contribution in [0.25, 0.3) is 46.3 Å². The Hall–Kier alpha value is -6.09. The smallest absolute Gasteiger partial charge is 0.362 e. The predicted octanol–water partition coefficient (Wildman–Crippen LogP) is 8.17. The summed E-state index contributed by atoms with van der Waals surface area (Å²) < 4.78 is 34.7. The maximum atomic E-state index is 13.7. The van der Waals surface area contributed by atoms with Gasteiger partial charge in [0.15, 0.2) is 0 Å². The highest BCUT2D eigenvalue weighted by molar-refractivity contribution is 6.33. The average molecular weight is 761 g/mol. The minimum atomic E-state index is -0.501. The van der Waals surface area contributed by atoms with E-state index in [1.165, 1.54) is 0 Å². The molecule has 0 aliphatic carbocycles. The molecular weight excluding hydrogens is 727 g/mol. The molecule has 5 aromatic carbocycles. The minimum absolute atomic E-state index is 0.0378. The van der Waals surface area contributed by atoms with Gasteiger partial charge in [-0.1, -0.05) is 53.5 Å². The van der Waals surface area contributed by atoms with E-state index in [2.05, 4.69) is 0 Å². The highest BCUT2D eigenvalue weighted by atomic mass is 35.5. The van der Waals surface area contributed by atoms with Crippen molar-refractivity contribution < 1.29 is 28.1 Å². The van der Waals surface area contributed by atoms with E-state index in [4.69, 9.17) is 51.3 Å². The molecule has 1 aromatic heterocycles. The highest BCUT2D eigenvalue weighted by Gasteiger charge is 2.24. The highest BCUT2D eigenvalue weighted by Crippen LogP contribution is 2.38.